The van der Waals surface area contributed by atoms with Crippen molar-refractivity contribution in [3.05, 3.63) is 40.6 Å². The van der Waals surface area contributed by atoms with E-state index in [0.29, 0.717) is 16.9 Å². The summed E-state index contributed by atoms with van der Waals surface area (Å²) < 4.78 is 36.7. The van der Waals surface area contributed by atoms with Gasteiger partial charge in [0.2, 0.25) is 5.91 Å². The van der Waals surface area contributed by atoms with Crippen molar-refractivity contribution in [2.75, 3.05) is 18.6 Å². The first-order valence-electron chi connectivity index (χ1n) is 8.59. The number of nitrogens with zero attached hydrogens (tertiary/aromatic N) is 2. The number of sulfone groups is 1. The van der Waals surface area contributed by atoms with Crippen molar-refractivity contribution in [1.82, 2.24) is 9.80 Å². The summed E-state index contributed by atoms with van der Waals surface area (Å²) in [6.07, 6.45) is 1.99. The molecule has 0 saturated carbocycles. The predicted octanol–water partition coefficient (Wildman–Crippen LogP) is 2.06. The Bertz CT molecular complexity index is 960. The molecule has 0 unspecified atom stereocenters. The van der Waals surface area contributed by atoms with Gasteiger partial charge in [-0.15, -0.1) is 0 Å². The van der Waals surface area contributed by atoms with Gasteiger partial charge in [0.15, 0.2) is 9.84 Å². The van der Waals surface area contributed by atoms with Gasteiger partial charge in [-0.05, 0) is 37.1 Å². The Hall–Kier alpha value is -1.78. The van der Waals surface area contributed by atoms with Crippen LogP contribution in [0.4, 0.5) is 4.39 Å². The van der Waals surface area contributed by atoms with Crippen LogP contribution in [0.3, 0.4) is 0 Å². The Morgan fingerprint density at radius 2 is 2.04 bits per heavy atom. The molecule has 2 amide bonds. The Morgan fingerprint density at radius 3 is 2.61 bits per heavy atom. The summed E-state index contributed by atoms with van der Waals surface area (Å²) >= 11 is 6.36. The van der Waals surface area contributed by atoms with Gasteiger partial charge in [-0.25, -0.2) is 12.8 Å². The van der Waals surface area contributed by atoms with Gasteiger partial charge < -0.3 is 4.90 Å². The molecule has 150 valence electrons. The van der Waals surface area contributed by atoms with Gasteiger partial charge >= 0.3 is 0 Å². The minimum absolute atomic E-state index is 0.0606. The Morgan fingerprint density at radius 1 is 1.39 bits per heavy atom. The summed E-state index contributed by atoms with van der Waals surface area (Å²) in [6, 6.07) is 4.44. The number of hydrogen-bond acceptors (Lipinski definition) is 6. The molecule has 0 spiro atoms. The maximum absolute atomic E-state index is 13.0. The van der Waals surface area contributed by atoms with Crippen LogP contribution in [0.25, 0.3) is 6.08 Å². The molecule has 2 atom stereocenters. The molecule has 0 aromatic heterocycles. The fourth-order valence-corrected chi connectivity index (χ4v) is 6.38. The van der Waals surface area contributed by atoms with E-state index in [2.05, 4.69) is 0 Å². The van der Waals surface area contributed by atoms with Gasteiger partial charge in [-0.2, -0.15) is 0 Å². The van der Waals surface area contributed by atoms with E-state index < -0.39 is 27.8 Å². The van der Waals surface area contributed by atoms with Crippen LogP contribution >= 0.6 is 24.0 Å². The minimum atomic E-state index is -3.13. The molecule has 6 nitrogen and oxygen atoms in total. The lowest BCUT2D eigenvalue weighted by atomic mass is 10.1. The standard InChI is InChI=1S/C18H19FN2O4S3/c1-11(16(22)20(2)14-7-8-28(24,25)10-14)21-17(23)15(27-18(21)26)9-12-3-5-13(19)6-4-12/h3-6,9,11,14H,7-8,10H2,1-2H3/b15-9-/t11-,14-/m0/s1. The van der Waals surface area contributed by atoms with E-state index in [1.165, 1.54) is 21.9 Å². The number of rotatable bonds is 4. The van der Waals surface area contributed by atoms with Crippen LogP contribution in [0, 0.1) is 5.82 Å². The Labute approximate surface area is 172 Å². The maximum Gasteiger partial charge on any atom is 0.266 e. The SMILES string of the molecule is C[C@@H](C(=O)N(C)[C@H]1CCS(=O)(=O)C1)N1C(=O)/C(=C/c2ccc(F)cc2)SC1=S. The first kappa shape index (κ1) is 20.9. The number of carbonyl (C=O) groups is 2. The third-order valence-corrected chi connectivity index (χ3v) is 7.92. The van der Waals surface area contributed by atoms with Gasteiger partial charge in [0.25, 0.3) is 5.91 Å². The number of thioether (sulfide) groups is 1. The molecular weight excluding hydrogens is 423 g/mol. The molecule has 2 fully saturated rings. The fraction of sp³-hybridized carbons (Fsp3) is 0.389. The Balaban J connectivity index is 1.75. The largest absolute Gasteiger partial charge is 0.340 e. The highest BCUT2D eigenvalue weighted by atomic mass is 32.2. The van der Waals surface area contributed by atoms with Gasteiger partial charge in [-0.3, -0.25) is 14.5 Å². The molecule has 28 heavy (non-hydrogen) atoms. The molecule has 0 radical (unpaired) electrons. The number of likely N-dealkylation sites (N-methyl/N-ethyl adjacent to an activating group) is 1. The van der Waals surface area contributed by atoms with Crippen molar-refractivity contribution in [2.45, 2.75) is 25.4 Å². The lowest BCUT2D eigenvalue weighted by Crippen LogP contribution is -2.50. The molecule has 0 bridgehead atoms. The summed E-state index contributed by atoms with van der Waals surface area (Å²) in [5.74, 6) is -1.13. The third kappa shape index (κ3) is 4.28. The molecule has 2 saturated heterocycles. The quantitative estimate of drug-likeness (QED) is 0.525. The number of amides is 2. The smallest absolute Gasteiger partial charge is 0.266 e. The topological polar surface area (TPSA) is 74.8 Å². The van der Waals surface area contributed by atoms with Crippen LogP contribution < -0.4 is 0 Å². The van der Waals surface area contributed by atoms with E-state index >= 15 is 0 Å². The van der Waals surface area contributed by atoms with E-state index in [1.54, 1.807) is 32.2 Å². The molecule has 2 aliphatic rings. The second-order valence-corrected chi connectivity index (χ2v) is 10.7. The minimum Gasteiger partial charge on any atom is -0.340 e. The summed E-state index contributed by atoms with van der Waals surface area (Å²) in [7, 11) is -1.57. The van der Waals surface area contributed by atoms with Gasteiger partial charge in [0, 0.05) is 13.1 Å². The van der Waals surface area contributed by atoms with E-state index in [4.69, 9.17) is 12.2 Å². The second-order valence-electron chi connectivity index (χ2n) is 6.79. The zero-order valence-corrected chi connectivity index (χ0v) is 17.7. The van der Waals surface area contributed by atoms with Crippen LogP contribution in [0.2, 0.25) is 0 Å². The lowest BCUT2D eigenvalue weighted by molar-refractivity contribution is -0.139. The fourth-order valence-electron chi connectivity index (χ4n) is 3.19. The van der Waals surface area contributed by atoms with Crippen LogP contribution in [-0.2, 0) is 19.4 Å². The number of hydrogen-bond donors (Lipinski definition) is 0. The first-order chi connectivity index (χ1) is 13.1. The molecule has 0 aliphatic carbocycles. The van der Waals surface area contributed by atoms with E-state index in [1.807, 2.05) is 0 Å². The Kier molecular flexibility index (Phi) is 5.92. The highest BCUT2D eigenvalue weighted by molar-refractivity contribution is 8.26. The van der Waals surface area contributed by atoms with E-state index in [-0.39, 0.29) is 27.6 Å². The number of carbonyl (C=O) groups excluding carboxylic acids is 2. The summed E-state index contributed by atoms with van der Waals surface area (Å²) in [5.41, 5.74) is 0.647. The molecule has 3 rings (SSSR count). The number of thiocarbonyl (C=S) groups is 1. The molecule has 0 N–H and O–H groups in total. The highest BCUT2D eigenvalue weighted by Crippen LogP contribution is 2.34. The normalized spacial score (nSPS) is 24.0. The summed E-state index contributed by atoms with van der Waals surface area (Å²) in [4.78, 5) is 28.6. The monoisotopic (exact) mass is 442 g/mol. The van der Waals surface area contributed by atoms with Crippen LogP contribution in [-0.4, -0.2) is 65.0 Å². The molecule has 2 aliphatic heterocycles. The van der Waals surface area contributed by atoms with E-state index in [9.17, 15) is 22.4 Å². The average Bonchev–Trinajstić information content (AvgIpc) is 3.14. The number of halogens is 1. The van der Waals surface area contributed by atoms with Crippen molar-refractivity contribution < 1.29 is 22.4 Å². The van der Waals surface area contributed by atoms with Crippen molar-refractivity contribution in [2.24, 2.45) is 0 Å². The highest BCUT2D eigenvalue weighted by Gasteiger charge is 2.41. The van der Waals surface area contributed by atoms with Crippen molar-refractivity contribution >= 4 is 56.0 Å². The second kappa shape index (κ2) is 7.92. The van der Waals surface area contributed by atoms with Crippen molar-refractivity contribution in [3.63, 3.8) is 0 Å². The average molecular weight is 443 g/mol. The van der Waals surface area contributed by atoms with Crippen molar-refractivity contribution in [1.29, 1.82) is 0 Å². The van der Waals surface area contributed by atoms with Gasteiger partial charge in [-0.1, -0.05) is 36.1 Å². The zero-order chi connectivity index (χ0) is 20.6. The molecule has 1 aromatic carbocycles. The van der Waals surface area contributed by atoms with Crippen molar-refractivity contribution in [3.8, 4) is 0 Å². The predicted molar refractivity (Wildman–Crippen MR) is 111 cm³/mol. The van der Waals surface area contributed by atoms with Gasteiger partial charge in [0.1, 0.15) is 16.2 Å². The maximum atomic E-state index is 13.0. The zero-order valence-electron chi connectivity index (χ0n) is 15.3. The first-order valence-corrected chi connectivity index (χ1v) is 11.6. The summed E-state index contributed by atoms with van der Waals surface area (Å²) in [5, 5.41) is 0. The lowest BCUT2D eigenvalue weighted by Gasteiger charge is -2.30. The molecule has 10 heteroatoms. The summed E-state index contributed by atoms with van der Waals surface area (Å²) in [6.45, 7) is 1.58. The van der Waals surface area contributed by atoms with Crippen LogP contribution in [0.15, 0.2) is 29.2 Å². The third-order valence-electron chi connectivity index (χ3n) is 4.84. The molecule has 1 aromatic rings. The number of benzene rings is 1. The van der Waals surface area contributed by atoms with E-state index in [0.717, 1.165) is 11.8 Å². The van der Waals surface area contributed by atoms with Gasteiger partial charge in [0.05, 0.1) is 16.4 Å². The van der Waals surface area contributed by atoms with Crippen LogP contribution in [0.1, 0.15) is 18.9 Å². The molecule has 2 heterocycles. The molecular formula is C18H19FN2O4S3. The van der Waals surface area contributed by atoms with Crippen LogP contribution in [0.5, 0.6) is 0 Å².